The Morgan fingerprint density at radius 3 is 2.14 bits per heavy atom. The third-order valence-corrected chi connectivity index (χ3v) is 3.44. The van der Waals surface area contributed by atoms with Crippen molar-refractivity contribution in [3.63, 3.8) is 0 Å². The van der Waals surface area contributed by atoms with Gasteiger partial charge in [0.15, 0.2) is 11.5 Å². The molecule has 2 rings (SSSR count). The number of nitrogens with two attached hydrogens (primary N) is 1. The minimum Gasteiger partial charge on any atom is -0.493 e. The minimum absolute atomic E-state index is 0.465. The number of aromatic nitrogens is 2. The Morgan fingerprint density at radius 2 is 1.71 bits per heavy atom. The van der Waals surface area contributed by atoms with E-state index in [1.807, 2.05) is 0 Å². The van der Waals surface area contributed by atoms with Gasteiger partial charge >= 0.3 is 0 Å². The molecule has 0 saturated carbocycles. The topological polar surface area (TPSA) is 62.3 Å². The van der Waals surface area contributed by atoms with Gasteiger partial charge in [0.2, 0.25) is 0 Å². The summed E-state index contributed by atoms with van der Waals surface area (Å²) in [7, 11) is 4.79. The van der Waals surface area contributed by atoms with Gasteiger partial charge in [0.25, 0.3) is 0 Å². The molecule has 0 aliphatic rings. The maximum Gasteiger partial charge on any atom is 0.161 e. The van der Waals surface area contributed by atoms with E-state index in [1.54, 1.807) is 30.1 Å². The third-order valence-electron chi connectivity index (χ3n) is 3.44. The summed E-state index contributed by atoms with van der Waals surface area (Å²) in [5, 5.41) is 4.11. The van der Waals surface area contributed by atoms with Crippen LogP contribution >= 0.6 is 0 Å². The van der Waals surface area contributed by atoms with Crippen LogP contribution in [-0.4, -0.2) is 24.0 Å². The molecule has 1 aromatic heterocycles. The quantitative estimate of drug-likeness (QED) is 0.941. The molecule has 0 unspecified atom stereocenters. The van der Waals surface area contributed by atoms with E-state index in [-0.39, 0.29) is 0 Å². The molecule has 0 spiro atoms. The number of rotatable bonds is 4. The molecular formula is C15H20FN3O2. The zero-order valence-electron chi connectivity index (χ0n) is 12.9. The van der Waals surface area contributed by atoms with E-state index in [4.69, 9.17) is 15.2 Å². The lowest BCUT2D eigenvalue weighted by Gasteiger charge is -2.21. The number of anilines is 1. The van der Waals surface area contributed by atoms with Crippen LogP contribution in [0, 0.1) is 0 Å². The molecule has 2 aromatic rings. The Kier molecular flexibility index (Phi) is 3.80. The number of methoxy groups -OCH3 is 2. The highest BCUT2D eigenvalue weighted by molar-refractivity contribution is 5.79. The fraction of sp³-hybridized carbons (Fsp3) is 0.400. The molecule has 6 heteroatoms. The Bertz CT molecular complexity index is 660. The molecule has 21 heavy (non-hydrogen) atoms. The number of ether oxygens (including phenoxy) is 2. The Balaban J connectivity index is 2.76. The SMILES string of the molecule is COc1cc(-c2cnn(C)c2N)c(C(C)(C)F)cc1OC. The molecule has 2 N–H and O–H groups in total. The Morgan fingerprint density at radius 1 is 1.14 bits per heavy atom. The van der Waals surface area contributed by atoms with Gasteiger partial charge in [0.1, 0.15) is 11.5 Å². The maximum absolute atomic E-state index is 14.6. The smallest absolute Gasteiger partial charge is 0.161 e. The molecule has 5 nitrogen and oxygen atoms in total. The molecule has 0 aliphatic carbocycles. The lowest BCUT2D eigenvalue weighted by Crippen LogP contribution is -2.12. The van der Waals surface area contributed by atoms with Crippen LogP contribution in [0.2, 0.25) is 0 Å². The van der Waals surface area contributed by atoms with Crippen LogP contribution in [-0.2, 0) is 12.7 Å². The number of aryl methyl sites for hydroxylation is 1. The summed E-state index contributed by atoms with van der Waals surface area (Å²) in [6.45, 7) is 2.98. The molecule has 0 amide bonds. The van der Waals surface area contributed by atoms with Gasteiger partial charge in [-0.2, -0.15) is 5.10 Å². The standard InChI is InChI=1S/C15H20FN3O2/c1-15(2,16)11-7-13(21-5)12(20-4)6-9(11)10-8-18-19(3)14(10)17/h6-8H,17H2,1-5H3. The summed E-state index contributed by atoms with van der Waals surface area (Å²) in [6, 6.07) is 3.36. The molecule has 114 valence electrons. The van der Waals surface area contributed by atoms with E-state index >= 15 is 0 Å². The van der Waals surface area contributed by atoms with Crippen molar-refractivity contribution in [2.24, 2.45) is 7.05 Å². The van der Waals surface area contributed by atoms with Crippen molar-refractivity contribution in [2.75, 3.05) is 20.0 Å². The summed E-state index contributed by atoms with van der Waals surface area (Å²) in [6.07, 6.45) is 1.62. The largest absolute Gasteiger partial charge is 0.493 e. The first-order valence-electron chi connectivity index (χ1n) is 6.52. The zero-order chi connectivity index (χ0) is 15.8. The van der Waals surface area contributed by atoms with Crippen molar-refractivity contribution in [2.45, 2.75) is 19.5 Å². The first-order valence-corrected chi connectivity index (χ1v) is 6.52. The molecule has 0 saturated heterocycles. The summed E-state index contributed by atoms with van der Waals surface area (Å²) in [5.74, 6) is 1.46. The second kappa shape index (κ2) is 5.27. The van der Waals surface area contributed by atoms with Crippen LogP contribution in [0.3, 0.4) is 0 Å². The van der Waals surface area contributed by atoms with Crippen LogP contribution in [0.4, 0.5) is 10.2 Å². The maximum atomic E-state index is 14.6. The normalized spacial score (nSPS) is 11.5. The fourth-order valence-electron chi connectivity index (χ4n) is 2.25. The fourth-order valence-corrected chi connectivity index (χ4v) is 2.25. The van der Waals surface area contributed by atoms with Gasteiger partial charge in [0.05, 0.1) is 20.4 Å². The van der Waals surface area contributed by atoms with Crippen molar-refractivity contribution in [1.82, 2.24) is 9.78 Å². The molecule has 1 aromatic carbocycles. The summed E-state index contributed by atoms with van der Waals surface area (Å²) < 4.78 is 26.7. The zero-order valence-corrected chi connectivity index (χ0v) is 12.9. The van der Waals surface area contributed by atoms with E-state index < -0.39 is 5.67 Å². The van der Waals surface area contributed by atoms with Gasteiger partial charge in [-0.25, -0.2) is 4.39 Å². The molecule has 0 bridgehead atoms. The summed E-state index contributed by atoms with van der Waals surface area (Å²) >= 11 is 0. The van der Waals surface area contributed by atoms with Gasteiger partial charge in [-0.3, -0.25) is 4.68 Å². The van der Waals surface area contributed by atoms with Crippen molar-refractivity contribution in [3.8, 4) is 22.6 Å². The van der Waals surface area contributed by atoms with Crippen molar-refractivity contribution >= 4 is 5.82 Å². The lowest BCUT2D eigenvalue weighted by atomic mass is 9.91. The molecule has 0 fully saturated rings. The van der Waals surface area contributed by atoms with Gasteiger partial charge in [-0.1, -0.05) is 0 Å². The highest BCUT2D eigenvalue weighted by Gasteiger charge is 2.27. The van der Waals surface area contributed by atoms with E-state index in [0.717, 1.165) is 0 Å². The Labute approximate surface area is 123 Å². The molecule has 0 aliphatic heterocycles. The first kappa shape index (κ1) is 15.2. The van der Waals surface area contributed by atoms with Crippen molar-refractivity contribution in [1.29, 1.82) is 0 Å². The molecular weight excluding hydrogens is 273 g/mol. The van der Waals surface area contributed by atoms with Crippen molar-refractivity contribution < 1.29 is 13.9 Å². The van der Waals surface area contributed by atoms with Crippen molar-refractivity contribution in [3.05, 3.63) is 23.9 Å². The number of benzene rings is 1. The molecule has 1 heterocycles. The highest BCUT2D eigenvalue weighted by atomic mass is 19.1. The monoisotopic (exact) mass is 293 g/mol. The average molecular weight is 293 g/mol. The van der Waals surface area contributed by atoms with E-state index in [1.165, 1.54) is 28.1 Å². The van der Waals surface area contributed by atoms with Crippen LogP contribution in [0.15, 0.2) is 18.3 Å². The number of alkyl halides is 1. The molecule has 0 atom stereocenters. The minimum atomic E-state index is -1.56. The predicted octanol–water partition coefficient (Wildman–Crippen LogP) is 2.89. The van der Waals surface area contributed by atoms with E-state index in [9.17, 15) is 4.39 Å². The van der Waals surface area contributed by atoms with Crippen LogP contribution in [0.5, 0.6) is 11.5 Å². The number of hydrogen-bond acceptors (Lipinski definition) is 4. The van der Waals surface area contributed by atoms with Gasteiger partial charge in [-0.05, 0) is 31.5 Å². The molecule has 0 radical (unpaired) electrons. The highest BCUT2D eigenvalue weighted by Crippen LogP contribution is 2.42. The third kappa shape index (κ3) is 2.66. The second-order valence-corrected chi connectivity index (χ2v) is 5.29. The average Bonchev–Trinajstić information content (AvgIpc) is 2.76. The second-order valence-electron chi connectivity index (χ2n) is 5.29. The lowest BCUT2D eigenvalue weighted by molar-refractivity contribution is 0.221. The number of nitrogen functional groups attached to an aromatic ring is 1. The Hall–Kier alpha value is -2.24. The van der Waals surface area contributed by atoms with Crippen LogP contribution in [0.1, 0.15) is 19.4 Å². The van der Waals surface area contributed by atoms with Crippen LogP contribution in [0.25, 0.3) is 11.1 Å². The first-order chi connectivity index (χ1) is 9.79. The van der Waals surface area contributed by atoms with E-state index in [0.29, 0.717) is 34.0 Å². The van der Waals surface area contributed by atoms with Gasteiger partial charge in [0, 0.05) is 18.2 Å². The number of halogens is 1. The number of nitrogens with zero attached hydrogens (tertiary/aromatic N) is 2. The van der Waals surface area contributed by atoms with Gasteiger partial charge in [-0.15, -0.1) is 0 Å². The predicted molar refractivity (Wildman–Crippen MR) is 80.3 cm³/mol. The van der Waals surface area contributed by atoms with E-state index in [2.05, 4.69) is 5.10 Å². The van der Waals surface area contributed by atoms with Crippen LogP contribution < -0.4 is 15.2 Å². The summed E-state index contributed by atoms with van der Waals surface area (Å²) in [4.78, 5) is 0. The van der Waals surface area contributed by atoms with Gasteiger partial charge < -0.3 is 15.2 Å². The number of hydrogen-bond donors (Lipinski definition) is 1. The summed E-state index contributed by atoms with van der Waals surface area (Å²) in [5.41, 5.74) is 6.24.